The number of methoxy groups -OCH3 is 1. The lowest BCUT2D eigenvalue weighted by atomic mass is 10.2. The average Bonchev–Trinajstić information content (AvgIpc) is 2.05. The van der Waals surface area contributed by atoms with E-state index in [1.54, 1.807) is 7.11 Å². The van der Waals surface area contributed by atoms with Crippen molar-refractivity contribution in [3.8, 4) is 6.07 Å². The number of rotatable bonds is 6. The van der Waals surface area contributed by atoms with Crippen LogP contribution in [0.2, 0.25) is 0 Å². The molecule has 0 bridgehead atoms. The summed E-state index contributed by atoms with van der Waals surface area (Å²) in [4.78, 5) is 0. The van der Waals surface area contributed by atoms with Gasteiger partial charge in [-0.1, -0.05) is 15.9 Å². The largest absolute Gasteiger partial charge is 0.359 e. The zero-order valence-corrected chi connectivity index (χ0v) is 8.13. The third kappa shape index (κ3) is 6.29. The molecule has 0 heterocycles. The molecule has 0 aliphatic carbocycles. The van der Waals surface area contributed by atoms with Crippen molar-refractivity contribution in [1.29, 1.82) is 5.26 Å². The fourth-order valence-corrected chi connectivity index (χ4v) is 1.11. The second-order valence-corrected chi connectivity index (χ2v) is 2.69. The first-order valence-electron chi connectivity index (χ1n) is 3.38. The number of hydrogen-bond donors (Lipinski definition) is 0. The number of halogens is 1. The minimum absolute atomic E-state index is 0.0922. The fraction of sp³-hybridized carbons (Fsp3) is 0.857. The minimum Gasteiger partial charge on any atom is -0.359 e. The first-order chi connectivity index (χ1) is 5.35. The second kappa shape index (κ2) is 7.99. The molecule has 0 aromatic carbocycles. The monoisotopic (exact) mass is 221 g/mol. The lowest BCUT2D eigenvalue weighted by Crippen LogP contribution is -2.15. The zero-order chi connectivity index (χ0) is 8.53. The number of ether oxygens (including phenoxy) is 2. The SMILES string of the molecule is COCOC(CBr)CCC#N. The van der Waals surface area contributed by atoms with Gasteiger partial charge in [0.15, 0.2) is 0 Å². The van der Waals surface area contributed by atoms with Crippen LogP contribution in [0.3, 0.4) is 0 Å². The van der Waals surface area contributed by atoms with Crippen molar-refractivity contribution in [2.24, 2.45) is 0 Å². The van der Waals surface area contributed by atoms with Crippen LogP contribution in [0.25, 0.3) is 0 Å². The van der Waals surface area contributed by atoms with E-state index in [1.165, 1.54) is 0 Å². The predicted molar refractivity (Wildman–Crippen MR) is 45.4 cm³/mol. The zero-order valence-electron chi connectivity index (χ0n) is 6.55. The molecular formula is C7H12BrNO2. The van der Waals surface area contributed by atoms with Gasteiger partial charge in [0.2, 0.25) is 0 Å². The highest BCUT2D eigenvalue weighted by atomic mass is 79.9. The number of nitrogens with zero attached hydrogens (tertiary/aromatic N) is 1. The standard InChI is InChI=1S/C7H12BrNO2/c1-10-6-11-7(5-8)3-2-4-9/h7H,2-3,5-6H2,1H3. The Kier molecular flexibility index (Phi) is 7.91. The van der Waals surface area contributed by atoms with Gasteiger partial charge in [-0.15, -0.1) is 0 Å². The van der Waals surface area contributed by atoms with Gasteiger partial charge in [0.25, 0.3) is 0 Å². The van der Waals surface area contributed by atoms with Crippen molar-refractivity contribution in [2.45, 2.75) is 18.9 Å². The van der Waals surface area contributed by atoms with E-state index in [4.69, 9.17) is 14.7 Å². The van der Waals surface area contributed by atoms with Crippen LogP contribution < -0.4 is 0 Å². The van der Waals surface area contributed by atoms with E-state index < -0.39 is 0 Å². The van der Waals surface area contributed by atoms with Gasteiger partial charge in [-0.2, -0.15) is 5.26 Å². The molecule has 0 radical (unpaired) electrons. The molecule has 0 aromatic heterocycles. The highest BCUT2D eigenvalue weighted by Gasteiger charge is 2.05. The second-order valence-electron chi connectivity index (χ2n) is 2.05. The summed E-state index contributed by atoms with van der Waals surface area (Å²) < 4.78 is 9.95. The van der Waals surface area contributed by atoms with Crippen molar-refractivity contribution >= 4 is 15.9 Å². The molecule has 0 aliphatic heterocycles. The smallest absolute Gasteiger partial charge is 0.146 e. The molecule has 0 aliphatic rings. The molecule has 0 N–H and O–H groups in total. The first-order valence-corrected chi connectivity index (χ1v) is 4.50. The molecule has 0 spiro atoms. The van der Waals surface area contributed by atoms with Crippen LogP contribution >= 0.6 is 15.9 Å². The maximum Gasteiger partial charge on any atom is 0.146 e. The summed E-state index contributed by atoms with van der Waals surface area (Å²) in [5, 5.41) is 9.03. The molecule has 0 rings (SSSR count). The summed E-state index contributed by atoms with van der Waals surface area (Å²) in [6.07, 6.45) is 1.38. The summed E-state index contributed by atoms with van der Waals surface area (Å²) in [7, 11) is 1.58. The van der Waals surface area contributed by atoms with E-state index in [-0.39, 0.29) is 6.10 Å². The molecule has 0 saturated heterocycles. The van der Waals surface area contributed by atoms with E-state index in [0.717, 1.165) is 11.8 Å². The quantitative estimate of drug-likeness (QED) is 0.507. The first kappa shape index (κ1) is 10.9. The molecule has 0 amide bonds. The molecule has 3 nitrogen and oxygen atoms in total. The fourth-order valence-electron chi connectivity index (χ4n) is 0.595. The van der Waals surface area contributed by atoms with E-state index in [0.29, 0.717) is 13.2 Å². The van der Waals surface area contributed by atoms with Gasteiger partial charge in [-0.25, -0.2) is 0 Å². The van der Waals surface area contributed by atoms with E-state index in [1.807, 2.05) is 0 Å². The van der Waals surface area contributed by atoms with Gasteiger partial charge in [0.05, 0.1) is 12.2 Å². The van der Waals surface area contributed by atoms with Crippen LogP contribution in [-0.2, 0) is 9.47 Å². The molecule has 4 heteroatoms. The Hall–Kier alpha value is -0.110. The molecular weight excluding hydrogens is 210 g/mol. The van der Waals surface area contributed by atoms with Crippen LogP contribution in [0.5, 0.6) is 0 Å². The van der Waals surface area contributed by atoms with Gasteiger partial charge < -0.3 is 9.47 Å². The van der Waals surface area contributed by atoms with Crippen LogP contribution in [0.1, 0.15) is 12.8 Å². The summed E-state index contributed by atoms with van der Waals surface area (Å²) in [6.45, 7) is 0.293. The van der Waals surface area contributed by atoms with Gasteiger partial charge >= 0.3 is 0 Å². The Morgan fingerprint density at radius 2 is 2.36 bits per heavy atom. The van der Waals surface area contributed by atoms with Crippen LogP contribution in [0, 0.1) is 11.3 Å². The third-order valence-electron chi connectivity index (χ3n) is 1.17. The molecule has 0 fully saturated rings. The average molecular weight is 222 g/mol. The number of hydrogen-bond acceptors (Lipinski definition) is 3. The van der Waals surface area contributed by atoms with Crippen LogP contribution in [-0.4, -0.2) is 25.3 Å². The topological polar surface area (TPSA) is 42.2 Å². The van der Waals surface area contributed by atoms with Gasteiger partial charge in [-0.05, 0) is 6.42 Å². The summed E-state index contributed by atoms with van der Waals surface area (Å²) in [5.41, 5.74) is 0. The maximum atomic E-state index is 8.28. The minimum atomic E-state index is 0.0922. The number of alkyl halides is 1. The normalized spacial score (nSPS) is 12.5. The van der Waals surface area contributed by atoms with Gasteiger partial charge in [0, 0.05) is 18.9 Å². The molecule has 64 valence electrons. The Bertz CT molecular complexity index is 124. The van der Waals surface area contributed by atoms with Crippen LogP contribution in [0.15, 0.2) is 0 Å². The van der Waals surface area contributed by atoms with E-state index in [2.05, 4.69) is 22.0 Å². The molecule has 0 aromatic rings. The summed E-state index contributed by atoms with van der Waals surface area (Å²) in [5.74, 6) is 0. The lowest BCUT2D eigenvalue weighted by Gasteiger charge is -2.12. The van der Waals surface area contributed by atoms with E-state index in [9.17, 15) is 0 Å². The van der Waals surface area contributed by atoms with Crippen molar-refractivity contribution in [2.75, 3.05) is 19.2 Å². The van der Waals surface area contributed by atoms with Crippen molar-refractivity contribution < 1.29 is 9.47 Å². The maximum absolute atomic E-state index is 8.28. The Morgan fingerprint density at radius 1 is 1.64 bits per heavy atom. The number of nitriles is 1. The van der Waals surface area contributed by atoms with Crippen LogP contribution in [0.4, 0.5) is 0 Å². The Morgan fingerprint density at radius 3 is 2.82 bits per heavy atom. The van der Waals surface area contributed by atoms with Crippen molar-refractivity contribution in [3.05, 3.63) is 0 Å². The predicted octanol–water partition coefficient (Wildman–Crippen LogP) is 1.67. The van der Waals surface area contributed by atoms with Gasteiger partial charge in [-0.3, -0.25) is 0 Å². The molecule has 1 unspecified atom stereocenters. The highest BCUT2D eigenvalue weighted by Crippen LogP contribution is 2.04. The van der Waals surface area contributed by atoms with E-state index >= 15 is 0 Å². The summed E-state index contributed by atoms with van der Waals surface area (Å²) in [6, 6.07) is 2.07. The van der Waals surface area contributed by atoms with Crippen molar-refractivity contribution in [1.82, 2.24) is 0 Å². The molecule has 11 heavy (non-hydrogen) atoms. The Balaban J connectivity index is 3.34. The lowest BCUT2D eigenvalue weighted by molar-refractivity contribution is -0.0647. The molecule has 1 atom stereocenters. The molecule has 0 saturated carbocycles. The summed E-state index contributed by atoms with van der Waals surface area (Å²) >= 11 is 3.29. The Labute approximate surface area is 75.4 Å². The highest BCUT2D eigenvalue weighted by molar-refractivity contribution is 9.09. The van der Waals surface area contributed by atoms with Gasteiger partial charge in [0.1, 0.15) is 6.79 Å². The third-order valence-corrected chi connectivity index (χ3v) is 1.89. The van der Waals surface area contributed by atoms with Crippen molar-refractivity contribution in [3.63, 3.8) is 0 Å².